The van der Waals surface area contributed by atoms with E-state index in [2.05, 4.69) is 6.92 Å². The number of hydrogen-bond acceptors (Lipinski definition) is 3. The first kappa shape index (κ1) is 14.7. The Kier molecular flexibility index (Phi) is 7.25. The summed E-state index contributed by atoms with van der Waals surface area (Å²) in [5, 5.41) is 9.56. The van der Waals surface area contributed by atoms with Crippen LogP contribution in [-0.4, -0.2) is 16.8 Å². The highest BCUT2D eigenvalue weighted by Crippen LogP contribution is 2.13. The summed E-state index contributed by atoms with van der Waals surface area (Å²) in [6.45, 7) is 3.35. The van der Waals surface area contributed by atoms with Gasteiger partial charge < -0.3 is 10.8 Å². The molecule has 4 nitrogen and oxygen atoms in total. The van der Waals surface area contributed by atoms with E-state index in [1.807, 2.05) is 0 Å². The number of unbranched alkanes of at least 4 members (excludes halogenated alkanes) is 4. The minimum Gasteiger partial charge on any atom is -0.511 e. The molecule has 4 heteroatoms. The van der Waals surface area contributed by atoms with Crippen molar-refractivity contribution in [3.05, 3.63) is 11.3 Å². The van der Waals surface area contributed by atoms with Crippen LogP contribution in [0.25, 0.3) is 0 Å². The molecular formula is C12H21NO3. The first-order valence-electron chi connectivity index (χ1n) is 5.73. The monoisotopic (exact) mass is 227 g/mol. The van der Waals surface area contributed by atoms with Crippen LogP contribution in [0.2, 0.25) is 0 Å². The van der Waals surface area contributed by atoms with Crippen LogP contribution in [0.3, 0.4) is 0 Å². The highest BCUT2D eigenvalue weighted by molar-refractivity contribution is 6.18. The van der Waals surface area contributed by atoms with Crippen molar-refractivity contribution in [2.75, 3.05) is 0 Å². The predicted molar refractivity (Wildman–Crippen MR) is 62.9 cm³/mol. The second kappa shape index (κ2) is 7.91. The zero-order valence-electron chi connectivity index (χ0n) is 10.1. The Bertz CT molecular complexity index is 266. The van der Waals surface area contributed by atoms with Gasteiger partial charge >= 0.3 is 0 Å². The van der Waals surface area contributed by atoms with Gasteiger partial charge in [0.05, 0.1) is 0 Å². The summed E-state index contributed by atoms with van der Waals surface area (Å²) >= 11 is 0. The Morgan fingerprint density at radius 1 is 1.12 bits per heavy atom. The summed E-state index contributed by atoms with van der Waals surface area (Å²) in [5.74, 6) is -1.49. The summed E-state index contributed by atoms with van der Waals surface area (Å²) in [4.78, 5) is 21.9. The number of primary amides is 1. The van der Waals surface area contributed by atoms with Crippen molar-refractivity contribution in [3.8, 4) is 0 Å². The molecule has 0 saturated heterocycles. The van der Waals surface area contributed by atoms with E-state index in [1.54, 1.807) is 0 Å². The van der Waals surface area contributed by atoms with Gasteiger partial charge in [0.1, 0.15) is 11.3 Å². The quantitative estimate of drug-likeness (QED) is 0.219. The summed E-state index contributed by atoms with van der Waals surface area (Å²) in [7, 11) is 0. The van der Waals surface area contributed by atoms with Crippen molar-refractivity contribution in [1.29, 1.82) is 0 Å². The van der Waals surface area contributed by atoms with E-state index in [-0.39, 0.29) is 11.3 Å². The number of nitrogens with two attached hydrogens (primary N) is 1. The van der Waals surface area contributed by atoms with Crippen LogP contribution in [0.1, 0.15) is 52.4 Å². The fourth-order valence-corrected chi connectivity index (χ4v) is 1.54. The fourth-order valence-electron chi connectivity index (χ4n) is 1.54. The molecule has 0 spiro atoms. The van der Waals surface area contributed by atoms with E-state index >= 15 is 0 Å². The van der Waals surface area contributed by atoms with Crippen LogP contribution in [0.5, 0.6) is 0 Å². The Hall–Kier alpha value is -1.32. The lowest BCUT2D eigenvalue weighted by molar-refractivity contribution is -0.120. The van der Waals surface area contributed by atoms with Crippen LogP contribution >= 0.6 is 0 Å². The van der Waals surface area contributed by atoms with Crippen molar-refractivity contribution >= 4 is 11.7 Å². The molecular weight excluding hydrogens is 206 g/mol. The Balaban J connectivity index is 4.18. The lowest BCUT2D eigenvalue weighted by Crippen LogP contribution is -2.21. The van der Waals surface area contributed by atoms with Crippen LogP contribution in [-0.2, 0) is 9.59 Å². The molecule has 0 atom stereocenters. The Morgan fingerprint density at radius 3 is 2.12 bits per heavy atom. The zero-order valence-corrected chi connectivity index (χ0v) is 10.1. The van der Waals surface area contributed by atoms with Gasteiger partial charge in [-0.2, -0.15) is 0 Å². The van der Waals surface area contributed by atoms with Crippen molar-refractivity contribution in [3.63, 3.8) is 0 Å². The molecule has 1 amide bonds. The molecule has 92 valence electrons. The van der Waals surface area contributed by atoms with Gasteiger partial charge in [0, 0.05) is 6.42 Å². The van der Waals surface area contributed by atoms with Crippen LogP contribution in [0.15, 0.2) is 11.3 Å². The molecule has 0 rings (SSSR count). The molecule has 0 aromatic carbocycles. The highest BCUT2D eigenvalue weighted by Gasteiger charge is 2.16. The number of rotatable bonds is 8. The zero-order chi connectivity index (χ0) is 12.6. The maximum atomic E-state index is 11.0. The number of carbonyl (C=O) groups excluding carboxylic acids is 2. The molecule has 16 heavy (non-hydrogen) atoms. The van der Waals surface area contributed by atoms with Crippen molar-refractivity contribution in [2.45, 2.75) is 52.4 Å². The van der Waals surface area contributed by atoms with Gasteiger partial charge in [0.15, 0.2) is 5.78 Å². The smallest absolute Gasteiger partial charge is 0.255 e. The van der Waals surface area contributed by atoms with Crippen LogP contribution < -0.4 is 5.73 Å². The molecule has 0 saturated carbocycles. The topological polar surface area (TPSA) is 80.4 Å². The summed E-state index contributed by atoms with van der Waals surface area (Å²) in [6, 6.07) is 0. The average Bonchev–Trinajstić information content (AvgIpc) is 2.16. The number of allylic oxidation sites excluding steroid dienone is 1. The average molecular weight is 227 g/mol. The second-order valence-electron chi connectivity index (χ2n) is 3.91. The van der Waals surface area contributed by atoms with Gasteiger partial charge in [-0.3, -0.25) is 9.59 Å². The fraction of sp³-hybridized carbons (Fsp3) is 0.667. The molecule has 0 fully saturated rings. The second-order valence-corrected chi connectivity index (χ2v) is 3.91. The van der Waals surface area contributed by atoms with Crippen molar-refractivity contribution in [1.82, 2.24) is 0 Å². The molecule has 0 bridgehead atoms. The first-order chi connectivity index (χ1) is 7.50. The normalized spacial score (nSPS) is 12.1. The summed E-state index contributed by atoms with van der Waals surface area (Å²) in [5.41, 5.74) is 4.76. The molecule has 0 aliphatic rings. The van der Waals surface area contributed by atoms with Crippen LogP contribution in [0.4, 0.5) is 0 Å². The van der Waals surface area contributed by atoms with Crippen molar-refractivity contribution in [2.24, 2.45) is 5.73 Å². The molecule has 0 radical (unpaired) electrons. The van der Waals surface area contributed by atoms with Gasteiger partial charge in [-0.05, 0) is 13.3 Å². The van der Waals surface area contributed by atoms with E-state index < -0.39 is 11.7 Å². The SMILES string of the molecule is CCCCCCC/C(O)=C(/C(C)=O)C(N)=O. The largest absolute Gasteiger partial charge is 0.511 e. The van der Waals surface area contributed by atoms with Crippen LogP contribution in [0, 0.1) is 0 Å². The summed E-state index contributed by atoms with van der Waals surface area (Å²) < 4.78 is 0. The third kappa shape index (κ3) is 5.53. The number of aliphatic hydroxyl groups excluding tert-OH is 1. The summed E-state index contributed by atoms with van der Waals surface area (Å²) in [6.07, 6.45) is 5.54. The lowest BCUT2D eigenvalue weighted by atomic mass is 10.1. The van der Waals surface area contributed by atoms with E-state index in [0.717, 1.165) is 25.7 Å². The molecule has 0 heterocycles. The molecule has 0 aliphatic heterocycles. The van der Waals surface area contributed by atoms with E-state index in [1.165, 1.54) is 13.3 Å². The standard InChI is InChI=1S/C12H21NO3/c1-3-4-5-6-7-8-10(15)11(9(2)14)12(13)16/h15H,3-8H2,1-2H3,(H2,13,16)/b11-10+. The maximum Gasteiger partial charge on any atom is 0.255 e. The minimum atomic E-state index is -0.849. The third-order valence-corrected chi connectivity index (χ3v) is 2.40. The maximum absolute atomic E-state index is 11.0. The Labute approximate surface area is 96.5 Å². The van der Waals surface area contributed by atoms with Gasteiger partial charge in [0.25, 0.3) is 5.91 Å². The van der Waals surface area contributed by atoms with Crippen molar-refractivity contribution < 1.29 is 14.7 Å². The van der Waals surface area contributed by atoms with Gasteiger partial charge in [0.2, 0.25) is 0 Å². The van der Waals surface area contributed by atoms with Gasteiger partial charge in [-0.1, -0.05) is 32.6 Å². The minimum absolute atomic E-state index is 0.170. The van der Waals surface area contributed by atoms with Gasteiger partial charge in [-0.15, -0.1) is 0 Å². The number of aliphatic hydroxyl groups is 1. The molecule has 0 aromatic heterocycles. The number of amides is 1. The highest BCUT2D eigenvalue weighted by atomic mass is 16.3. The van der Waals surface area contributed by atoms with E-state index in [0.29, 0.717) is 6.42 Å². The van der Waals surface area contributed by atoms with Gasteiger partial charge in [-0.25, -0.2) is 0 Å². The van der Waals surface area contributed by atoms with E-state index in [9.17, 15) is 14.7 Å². The molecule has 0 aromatic rings. The Morgan fingerprint density at radius 2 is 1.69 bits per heavy atom. The molecule has 3 N–H and O–H groups in total. The third-order valence-electron chi connectivity index (χ3n) is 2.40. The number of carbonyl (C=O) groups is 2. The number of ketones is 1. The first-order valence-corrected chi connectivity index (χ1v) is 5.73. The molecule has 0 aliphatic carbocycles. The number of Topliss-reactive ketones (excluding diaryl/α,β-unsaturated/α-hetero) is 1. The molecule has 0 unspecified atom stereocenters. The predicted octanol–water partition coefficient (Wildman–Crippen LogP) is 2.23. The lowest BCUT2D eigenvalue weighted by Gasteiger charge is -2.04. The van der Waals surface area contributed by atoms with E-state index in [4.69, 9.17) is 5.73 Å². The number of hydrogen-bond donors (Lipinski definition) is 2.